The van der Waals surface area contributed by atoms with E-state index >= 15 is 0 Å². The van der Waals surface area contributed by atoms with E-state index in [1.54, 1.807) is 11.3 Å². The van der Waals surface area contributed by atoms with Crippen LogP contribution < -0.4 is 5.73 Å². The van der Waals surface area contributed by atoms with Gasteiger partial charge in [0.2, 0.25) is 0 Å². The standard InChI is InChI=1S/C13H11ClN2S2/c14-9-5-3-8(4-6-9)13-16-10(7-1-2-7)11(18-13)12(15)17/h3-7H,1-2H2,(H2,15,17). The number of aromatic nitrogens is 1. The Labute approximate surface area is 120 Å². The van der Waals surface area contributed by atoms with Crippen molar-refractivity contribution in [2.75, 3.05) is 0 Å². The second-order valence-electron chi connectivity index (χ2n) is 4.38. The maximum Gasteiger partial charge on any atom is 0.124 e. The molecule has 1 aliphatic carbocycles. The quantitative estimate of drug-likeness (QED) is 0.871. The summed E-state index contributed by atoms with van der Waals surface area (Å²) in [6.07, 6.45) is 2.39. The first kappa shape index (κ1) is 12.1. The zero-order valence-electron chi connectivity index (χ0n) is 9.52. The van der Waals surface area contributed by atoms with Gasteiger partial charge in [-0.3, -0.25) is 0 Å². The lowest BCUT2D eigenvalue weighted by atomic mass is 10.2. The van der Waals surface area contributed by atoms with Gasteiger partial charge in [-0.1, -0.05) is 36.0 Å². The first-order valence-corrected chi connectivity index (χ1v) is 7.32. The van der Waals surface area contributed by atoms with Crippen molar-refractivity contribution in [1.29, 1.82) is 0 Å². The molecule has 0 saturated heterocycles. The summed E-state index contributed by atoms with van der Waals surface area (Å²) in [5.41, 5.74) is 7.92. The summed E-state index contributed by atoms with van der Waals surface area (Å²) in [5, 5.41) is 1.70. The van der Waals surface area contributed by atoms with Crippen molar-refractivity contribution in [3.05, 3.63) is 39.9 Å². The van der Waals surface area contributed by atoms with Crippen LogP contribution in [-0.4, -0.2) is 9.97 Å². The van der Waals surface area contributed by atoms with Gasteiger partial charge in [-0.2, -0.15) is 0 Å². The maximum atomic E-state index is 5.89. The molecule has 0 aliphatic heterocycles. The van der Waals surface area contributed by atoms with Crippen LogP contribution in [-0.2, 0) is 0 Å². The van der Waals surface area contributed by atoms with Gasteiger partial charge in [0, 0.05) is 16.5 Å². The van der Waals surface area contributed by atoms with Crippen molar-refractivity contribution in [2.45, 2.75) is 18.8 Å². The largest absolute Gasteiger partial charge is 0.389 e. The zero-order valence-corrected chi connectivity index (χ0v) is 11.9. The minimum Gasteiger partial charge on any atom is -0.389 e. The topological polar surface area (TPSA) is 38.9 Å². The Hall–Kier alpha value is -0.970. The van der Waals surface area contributed by atoms with E-state index in [0.29, 0.717) is 10.9 Å². The Bertz CT molecular complexity index is 600. The highest BCUT2D eigenvalue weighted by molar-refractivity contribution is 7.81. The molecule has 0 spiro atoms. The molecule has 1 heterocycles. The molecule has 3 rings (SSSR count). The second-order valence-corrected chi connectivity index (χ2v) is 6.25. The van der Waals surface area contributed by atoms with E-state index in [-0.39, 0.29) is 0 Å². The molecule has 1 aromatic heterocycles. The molecule has 92 valence electrons. The number of thiazole rings is 1. The number of hydrogen-bond acceptors (Lipinski definition) is 3. The molecule has 1 saturated carbocycles. The summed E-state index contributed by atoms with van der Waals surface area (Å²) in [7, 11) is 0. The normalized spacial score (nSPS) is 14.7. The van der Waals surface area contributed by atoms with Crippen LogP contribution in [0.5, 0.6) is 0 Å². The molecule has 1 aromatic carbocycles. The van der Waals surface area contributed by atoms with Gasteiger partial charge < -0.3 is 5.73 Å². The van der Waals surface area contributed by atoms with Crippen LogP contribution in [0.3, 0.4) is 0 Å². The minimum atomic E-state index is 0.453. The number of thiocarbonyl (C=S) groups is 1. The van der Waals surface area contributed by atoms with E-state index < -0.39 is 0 Å². The van der Waals surface area contributed by atoms with Gasteiger partial charge in [0.1, 0.15) is 10.00 Å². The van der Waals surface area contributed by atoms with E-state index in [1.165, 1.54) is 12.8 Å². The van der Waals surface area contributed by atoms with Crippen molar-refractivity contribution in [1.82, 2.24) is 4.98 Å². The third kappa shape index (κ3) is 2.28. The maximum absolute atomic E-state index is 5.89. The fourth-order valence-corrected chi connectivity index (χ4v) is 3.22. The Morgan fingerprint density at radius 3 is 2.56 bits per heavy atom. The van der Waals surface area contributed by atoms with Crippen LogP contribution in [0.1, 0.15) is 29.3 Å². The summed E-state index contributed by atoms with van der Waals surface area (Å²) < 4.78 is 0. The third-order valence-corrected chi connectivity index (χ3v) is 4.67. The molecular weight excluding hydrogens is 284 g/mol. The monoisotopic (exact) mass is 294 g/mol. The molecule has 2 aromatic rings. The van der Waals surface area contributed by atoms with Gasteiger partial charge in [-0.05, 0) is 25.0 Å². The highest BCUT2D eigenvalue weighted by Gasteiger charge is 2.30. The highest BCUT2D eigenvalue weighted by Crippen LogP contribution is 2.44. The fourth-order valence-electron chi connectivity index (χ4n) is 1.86. The van der Waals surface area contributed by atoms with E-state index in [0.717, 1.165) is 26.2 Å². The lowest BCUT2D eigenvalue weighted by Crippen LogP contribution is -2.09. The molecule has 0 bridgehead atoms. The molecule has 1 aliphatic rings. The summed E-state index contributed by atoms with van der Waals surface area (Å²) in [6.45, 7) is 0. The summed E-state index contributed by atoms with van der Waals surface area (Å²) in [4.78, 5) is 6.12. The average Bonchev–Trinajstić information content (AvgIpc) is 3.09. The number of rotatable bonds is 3. The number of benzene rings is 1. The Kier molecular flexibility index (Phi) is 3.09. The van der Waals surface area contributed by atoms with Gasteiger partial charge in [0.05, 0.1) is 10.6 Å². The van der Waals surface area contributed by atoms with Crippen LogP contribution in [0.15, 0.2) is 24.3 Å². The predicted molar refractivity (Wildman–Crippen MR) is 80.4 cm³/mol. The van der Waals surface area contributed by atoms with Crippen LogP contribution >= 0.6 is 35.2 Å². The molecule has 2 N–H and O–H groups in total. The van der Waals surface area contributed by atoms with Gasteiger partial charge in [-0.25, -0.2) is 4.98 Å². The molecule has 1 fully saturated rings. The van der Waals surface area contributed by atoms with Crippen LogP contribution in [0.2, 0.25) is 5.02 Å². The number of nitrogens with zero attached hydrogens (tertiary/aromatic N) is 1. The van der Waals surface area contributed by atoms with Gasteiger partial charge in [0.25, 0.3) is 0 Å². The average molecular weight is 295 g/mol. The molecule has 0 unspecified atom stereocenters. The van der Waals surface area contributed by atoms with Crippen molar-refractivity contribution in [3.63, 3.8) is 0 Å². The van der Waals surface area contributed by atoms with E-state index in [2.05, 4.69) is 0 Å². The number of halogens is 1. The zero-order chi connectivity index (χ0) is 12.7. The van der Waals surface area contributed by atoms with Crippen LogP contribution in [0, 0.1) is 0 Å². The van der Waals surface area contributed by atoms with E-state index in [9.17, 15) is 0 Å². The van der Waals surface area contributed by atoms with Crippen molar-refractivity contribution in [2.24, 2.45) is 5.73 Å². The Balaban J connectivity index is 2.04. The first-order chi connectivity index (χ1) is 8.65. The highest BCUT2D eigenvalue weighted by atomic mass is 35.5. The molecule has 18 heavy (non-hydrogen) atoms. The minimum absolute atomic E-state index is 0.453. The van der Waals surface area contributed by atoms with Gasteiger partial charge >= 0.3 is 0 Å². The first-order valence-electron chi connectivity index (χ1n) is 5.71. The lowest BCUT2D eigenvalue weighted by molar-refractivity contribution is 1.05. The van der Waals surface area contributed by atoms with Crippen molar-refractivity contribution in [3.8, 4) is 10.6 Å². The fraction of sp³-hybridized carbons (Fsp3) is 0.231. The Morgan fingerprint density at radius 2 is 2.00 bits per heavy atom. The molecule has 0 amide bonds. The SMILES string of the molecule is NC(=S)c1sc(-c2ccc(Cl)cc2)nc1C1CC1. The van der Waals surface area contributed by atoms with Crippen LogP contribution in [0.4, 0.5) is 0 Å². The van der Waals surface area contributed by atoms with Crippen molar-refractivity contribution < 1.29 is 0 Å². The smallest absolute Gasteiger partial charge is 0.124 e. The van der Waals surface area contributed by atoms with Gasteiger partial charge in [-0.15, -0.1) is 11.3 Å². The molecule has 0 atom stereocenters. The number of hydrogen-bond donors (Lipinski definition) is 1. The molecular formula is C13H11ClN2S2. The van der Waals surface area contributed by atoms with Gasteiger partial charge in [0.15, 0.2) is 0 Å². The lowest BCUT2D eigenvalue weighted by Gasteiger charge is -1.95. The second kappa shape index (κ2) is 4.61. The van der Waals surface area contributed by atoms with E-state index in [1.807, 2.05) is 24.3 Å². The Morgan fingerprint density at radius 1 is 1.33 bits per heavy atom. The molecule has 0 radical (unpaired) electrons. The third-order valence-electron chi connectivity index (χ3n) is 2.93. The predicted octanol–water partition coefficient (Wildman–Crippen LogP) is 3.98. The molecule has 2 nitrogen and oxygen atoms in total. The number of nitrogens with two attached hydrogens (primary N) is 1. The van der Waals surface area contributed by atoms with Crippen LogP contribution in [0.25, 0.3) is 10.6 Å². The summed E-state index contributed by atoms with van der Waals surface area (Å²) in [6, 6.07) is 7.69. The van der Waals surface area contributed by atoms with E-state index in [4.69, 9.17) is 34.5 Å². The van der Waals surface area contributed by atoms with Crippen molar-refractivity contribution >= 4 is 40.1 Å². The summed E-state index contributed by atoms with van der Waals surface area (Å²) >= 11 is 12.6. The summed E-state index contributed by atoms with van der Waals surface area (Å²) in [5.74, 6) is 0.554. The molecule has 5 heteroatoms.